The highest BCUT2D eigenvalue weighted by molar-refractivity contribution is 7.89. The van der Waals surface area contributed by atoms with Crippen LogP contribution in [-0.4, -0.2) is 37.2 Å². The molecule has 7 heteroatoms. The zero-order chi connectivity index (χ0) is 14.8. The molecule has 0 saturated carbocycles. The molecule has 0 amide bonds. The maximum atomic E-state index is 12.2. The maximum Gasteiger partial charge on any atom is 0.240 e. The summed E-state index contributed by atoms with van der Waals surface area (Å²) < 4.78 is 38.2. The second-order valence-corrected chi connectivity index (χ2v) is 8.58. The van der Waals surface area contributed by atoms with Crippen molar-refractivity contribution in [2.24, 2.45) is 0 Å². The number of benzene rings is 1. The summed E-state index contributed by atoms with van der Waals surface area (Å²) in [5.41, 5.74) is 2.05. The molecule has 0 aliphatic carbocycles. The topological polar surface area (TPSA) is 75.3 Å². The number of aryl methyl sites for hydroxylation is 1. The van der Waals surface area contributed by atoms with Crippen LogP contribution in [-0.2, 0) is 27.2 Å². The van der Waals surface area contributed by atoms with Crippen LogP contribution in [0.1, 0.15) is 18.9 Å². The Morgan fingerprint density at radius 3 is 2.90 bits per heavy atom. The van der Waals surface area contributed by atoms with Crippen molar-refractivity contribution in [2.45, 2.75) is 29.9 Å². The van der Waals surface area contributed by atoms with Crippen molar-refractivity contribution in [3.63, 3.8) is 0 Å². The average Bonchev–Trinajstić information content (AvgIpc) is 2.44. The Morgan fingerprint density at radius 2 is 2.20 bits per heavy atom. The fourth-order valence-corrected chi connectivity index (χ4v) is 3.65. The van der Waals surface area contributed by atoms with Crippen LogP contribution in [0.3, 0.4) is 0 Å². The first-order valence-electron chi connectivity index (χ1n) is 6.59. The number of anilines is 1. The molecule has 112 valence electrons. The van der Waals surface area contributed by atoms with Gasteiger partial charge in [-0.3, -0.25) is 4.21 Å². The molecule has 0 bridgehead atoms. The molecule has 0 aromatic heterocycles. The lowest BCUT2D eigenvalue weighted by molar-refractivity contribution is 0.580. The molecule has 0 fully saturated rings. The Bertz CT molecular complexity index is 614. The molecule has 0 radical (unpaired) electrons. The smallest absolute Gasteiger partial charge is 0.240 e. The van der Waals surface area contributed by atoms with Gasteiger partial charge in [0, 0.05) is 41.1 Å². The van der Waals surface area contributed by atoms with Crippen LogP contribution in [0.25, 0.3) is 0 Å². The first-order valence-corrected chi connectivity index (χ1v) is 9.69. The van der Waals surface area contributed by atoms with E-state index in [1.165, 1.54) is 0 Å². The summed E-state index contributed by atoms with van der Waals surface area (Å²) in [7, 11) is -4.57. The summed E-state index contributed by atoms with van der Waals surface area (Å²) in [6.45, 7) is 2.87. The summed E-state index contributed by atoms with van der Waals surface area (Å²) in [5.74, 6) is 0. The second-order valence-electron chi connectivity index (χ2n) is 5.01. The first kappa shape index (κ1) is 15.5. The fourth-order valence-electron chi connectivity index (χ4n) is 2.05. The van der Waals surface area contributed by atoms with Gasteiger partial charge in [0.1, 0.15) is 0 Å². The van der Waals surface area contributed by atoms with Crippen LogP contribution in [0.2, 0.25) is 0 Å². The van der Waals surface area contributed by atoms with Gasteiger partial charge in [-0.05, 0) is 43.5 Å². The Hall–Kier alpha value is -0.920. The van der Waals surface area contributed by atoms with Crippen molar-refractivity contribution in [1.82, 2.24) is 4.72 Å². The van der Waals surface area contributed by atoms with Crippen molar-refractivity contribution >= 4 is 26.5 Å². The summed E-state index contributed by atoms with van der Waals surface area (Å²) in [6, 6.07) is 5.13. The van der Waals surface area contributed by atoms with Gasteiger partial charge in [-0.15, -0.1) is 0 Å². The van der Waals surface area contributed by atoms with Gasteiger partial charge in [-0.25, -0.2) is 13.1 Å². The first-order chi connectivity index (χ1) is 9.40. The Balaban J connectivity index is 2.15. The van der Waals surface area contributed by atoms with Crippen molar-refractivity contribution in [3.05, 3.63) is 23.8 Å². The third-order valence-corrected chi connectivity index (χ3v) is 6.17. The molecule has 2 rings (SSSR count). The molecule has 0 spiro atoms. The Labute approximate surface area is 122 Å². The van der Waals surface area contributed by atoms with Gasteiger partial charge in [0.25, 0.3) is 0 Å². The Kier molecular flexibility index (Phi) is 4.82. The van der Waals surface area contributed by atoms with Crippen LogP contribution >= 0.6 is 0 Å². The van der Waals surface area contributed by atoms with E-state index in [9.17, 15) is 12.6 Å². The summed E-state index contributed by atoms with van der Waals surface area (Å²) in [6.07, 6.45) is 3.47. The highest BCUT2D eigenvalue weighted by Crippen LogP contribution is 2.24. The fraction of sp³-hybridized carbons (Fsp3) is 0.538. The number of nitrogens with one attached hydrogen (secondary N) is 2. The van der Waals surface area contributed by atoms with Gasteiger partial charge in [0.15, 0.2) is 0 Å². The molecule has 5 nitrogen and oxygen atoms in total. The highest BCUT2D eigenvalue weighted by Gasteiger charge is 2.18. The zero-order valence-electron chi connectivity index (χ0n) is 11.7. The second kappa shape index (κ2) is 6.24. The number of fused-ring (bicyclic) bond motifs is 1. The van der Waals surface area contributed by atoms with Gasteiger partial charge in [-0.2, -0.15) is 0 Å². The standard InChI is InChI=1S/C13H20N2O3S2/c1-10(19(2)16)9-15-20(17,18)12-5-6-13-11(8-12)4-3-7-14-13/h5-6,8,10,14-15H,3-4,7,9H2,1-2H3. The van der Waals surface area contributed by atoms with Crippen molar-refractivity contribution in [2.75, 3.05) is 24.7 Å². The predicted molar refractivity (Wildman–Crippen MR) is 82.0 cm³/mol. The van der Waals surface area contributed by atoms with Crippen LogP contribution in [0.15, 0.2) is 23.1 Å². The van der Waals surface area contributed by atoms with Crippen LogP contribution < -0.4 is 10.0 Å². The number of hydrogen-bond donors (Lipinski definition) is 2. The van der Waals surface area contributed by atoms with Gasteiger partial charge in [0.2, 0.25) is 10.0 Å². The van der Waals surface area contributed by atoms with Crippen molar-refractivity contribution in [3.8, 4) is 0 Å². The van der Waals surface area contributed by atoms with E-state index in [4.69, 9.17) is 0 Å². The molecule has 2 atom stereocenters. The quantitative estimate of drug-likeness (QED) is 0.853. The number of sulfonamides is 1. The molecule has 2 N–H and O–H groups in total. The molecule has 1 aromatic carbocycles. The van der Waals surface area contributed by atoms with Crippen LogP contribution in [0.5, 0.6) is 0 Å². The Morgan fingerprint density at radius 1 is 1.45 bits per heavy atom. The molecular formula is C13H20N2O3S2. The lowest BCUT2D eigenvalue weighted by Crippen LogP contribution is -2.32. The molecule has 1 heterocycles. The normalized spacial score (nSPS) is 17.9. The molecule has 1 aliphatic rings. The van der Waals surface area contributed by atoms with Gasteiger partial charge >= 0.3 is 0 Å². The molecule has 1 aromatic rings. The molecule has 0 saturated heterocycles. The van der Waals surface area contributed by atoms with E-state index < -0.39 is 20.8 Å². The summed E-state index contributed by atoms with van der Waals surface area (Å²) in [5, 5.41) is 3.05. The SMILES string of the molecule is CC(CNS(=O)(=O)c1ccc2c(c1)CCCN2)S(C)=O. The molecule has 20 heavy (non-hydrogen) atoms. The van der Waals surface area contributed by atoms with Crippen molar-refractivity contribution < 1.29 is 12.6 Å². The number of hydrogen-bond acceptors (Lipinski definition) is 4. The molecule has 1 aliphatic heterocycles. The van der Waals surface area contributed by atoms with E-state index in [1.807, 2.05) is 6.07 Å². The van der Waals surface area contributed by atoms with E-state index in [1.54, 1.807) is 25.3 Å². The predicted octanol–water partition coefficient (Wildman–Crippen LogP) is 1.09. The van der Waals surface area contributed by atoms with Gasteiger partial charge in [-0.1, -0.05) is 0 Å². The monoisotopic (exact) mass is 316 g/mol. The minimum atomic E-state index is -3.53. The average molecular weight is 316 g/mol. The van der Waals surface area contributed by atoms with Gasteiger partial charge < -0.3 is 5.32 Å². The van der Waals surface area contributed by atoms with E-state index >= 15 is 0 Å². The molecule has 2 unspecified atom stereocenters. The van der Waals surface area contributed by atoms with E-state index in [-0.39, 0.29) is 16.7 Å². The summed E-state index contributed by atoms with van der Waals surface area (Å²) in [4.78, 5) is 0.272. The summed E-state index contributed by atoms with van der Waals surface area (Å²) >= 11 is 0. The lowest BCUT2D eigenvalue weighted by Gasteiger charge is -2.19. The third kappa shape index (κ3) is 3.59. The number of rotatable bonds is 5. The maximum absolute atomic E-state index is 12.2. The zero-order valence-corrected chi connectivity index (χ0v) is 13.3. The highest BCUT2D eigenvalue weighted by atomic mass is 32.2. The molecular weight excluding hydrogens is 296 g/mol. The van der Waals surface area contributed by atoms with E-state index in [0.717, 1.165) is 30.6 Å². The van der Waals surface area contributed by atoms with Crippen molar-refractivity contribution in [1.29, 1.82) is 0 Å². The minimum Gasteiger partial charge on any atom is -0.385 e. The largest absolute Gasteiger partial charge is 0.385 e. The van der Waals surface area contributed by atoms with E-state index in [2.05, 4.69) is 10.0 Å². The van der Waals surface area contributed by atoms with E-state index in [0.29, 0.717) is 0 Å². The lowest BCUT2D eigenvalue weighted by atomic mass is 10.0. The minimum absolute atomic E-state index is 0.181. The third-order valence-electron chi connectivity index (χ3n) is 3.45. The van der Waals surface area contributed by atoms with Gasteiger partial charge in [0.05, 0.1) is 4.90 Å². The van der Waals surface area contributed by atoms with Crippen LogP contribution in [0, 0.1) is 0 Å². The van der Waals surface area contributed by atoms with Crippen LogP contribution in [0.4, 0.5) is 5.69 Å².